The number of aliphatic hydroxyl groups excluding tert-OH is 1. The number of nitrogens with zero attached hydrogens (tertiary/aromatic N) is 2. The molecule has 0 fully saturated rings. The molecule has 0 aliphatic carbocycles. The highest BCUT2D eigenvalue weighted by Gasteiger charge is 2.18. The third-order valence-corrected chi connectivity index (χ3v) is 5.35. The fraction of sp³-hybridized carbons (Fsp3) is 0.263. The minimum Gasteiger partial charge on any atom is -0.457 e. The van der Waals surface area contributed by atoms with Crippen LogP contribution in [0, 0.1) is 6.92 Å². The molecule has 136 valence electrons. The molecule has 0 saturated heterocycles. The number of rotatable bonds is 6. The van der Waals surface area contributed by atoms with Crippen LogP contribution in [-0.4, -0.2) is 33.8 Å². The molecule has 3 aromatic rings. The number of thiazole rings is 1. The smallest absolute Gasteiger partial charge is 0.350 e. The lowest BCUT2D eigenvalue weighted by Gasteiger charge is -2.11. The van der Waals surface area contributed by atoms with Gasteiger partial charge in [-0.3, -0.25) is 0 Å². The molecule has 0 amide bonds. The summed E-state index contributed by atoms with van der Waals surface area (Å²) in [7, 11) is 0. The van der Waals surface area contributed by atoms with Gasteiger partial charge in [-0.1, -0.05) is 12.7 Å². The standard InChI is InChI=1S/C19H21N3O3S/c1-4-7-25-19(24)17-12(3)21-18(26-17)13-5-6-16-14(8-13)15(20)9-22(16)11(2)10-23/h4-6,8-9,11,23H,1,7,10,20H2,2-3H3. The number of aliphatic hydroxyl groups is 1. The van der Waals surface area contributed by atoms with Gasteiger partial charge >= 0.3 is 5.97 Å². The van der Waals surface area contributed by atoms with E-state index in [4.69, 9.17) is 10.5 Å². The summed E-state index contributed by atoms with van der Waals surface area (Å²) in [5.41, 5.74) is 9.26. The third-order valence-electron chi connectivity index (χ3n) is 4.16. The second-order valence-corrected chi connectivity index (χ2v) is 7.07. The Morgan fingerprint density at radius 1 is 1.54 bits per heavy atom. The number of nitrogens with two attached hydrogens (primary N) is 1. The number of benzene rings is 1. The van der Waals surface area contributed by atoms with Gasteiger partial charge in [0.25, 0.3) is 0 Å². The normalized spacial score (nSPS) is 12.3. The van der Waals surface area contributed by atoms with Gasteiger partial charge in [0.15, 0.2) is 0 Å². The van der Waals surface area contributed by atoms with E-state index in [-0.39, 0.29) is 19.3 Å². The lowest BCUT2D eigenvalue weighted by molar-refractivity contribution is 0.0554. The number of aryl methyl sites for hydroxylation is 1. The fourth-order valence-corrected chi connectivity index (χ4v) is 3.73. The van der Waals surface area contributed by atoms with Crippen molar-refractivity contribution in [1.82, 2.24) is 9.55 Å². The number of anilines is 1. The molecule has 26 heavy (non-hydrogen) atoms. The SMILES string of the molecule is C=CCOC(=O)c1sc(-c2ccc3c(c2)c(N)cn3C(C)CO)nc1C. The van der Waals surface area contributed by atoms with Crippen LogP contribution in [0.2, 0.25) is 0 Å². The van der Waals surface area contributed by atoms with Gasteiger partial charge in [-0.25, -0.2) is 9.78 Å². The summed E-state index contributed by atoms with van der Waals surface area (Å²) in [4.78, 5) is 17.1. The van der Waals surface area contributed by atoms with E-state index in [1.54, 1.807) is 6.92 Å². The molecule has 6 nitrogen and oxygen atoms in total. The van der Waals surface area contributed by atoms with E-state index in [2.05, 4.69) is 11.6 Å². The summed E-state index contributed by atoms with van der Waals surface area (Å²) in [6, 6.07) is 5.80. The van der Waals surface area contributed by atoms with Crippen LogP contribution in [0.3, 0.4) is 0 Å². The highest BCUT2D eigenvalue weighted by Crippen LogP contribution is 2.34. The van der Waals surface area contributed by atoms with E-state index in [1.807, 2.05) is 35.9 Å². The summed E-state index contributed by atoms with van der Waals surface area (Å²) < 4.78 is 7.06. The van der Waals surface area contributed by atoms with Gasteiger partial charge in [0, 0.05) is 17.1 Å². The van der Waals surface area contributed by atoms with Crippen LogP contribution in [0.5, 0.6) is 0 Å². The van der Waals surface area contributed by atoms with E-state index in [0.29, 0.717) is 16.3 Å². The number of carbonyl (C=O) groups excluding carboxylic acids is 1. The molecule has 0 radical (unpaired) electrons. The maximum Gasteiger partial charge on any atom is 0.350 e. The highest BCUT2D eigenvalue weighted by molar-refractivity contribution is 7.17. The second-order valence-electron chi connectivity index (χ2n) is 6.08. The summed E-state index contributed by atoms with van der Waals surface area (Å²) in [5, 5.41) is 11.0. The molecule has 0 spiro atoms. The van der Waals surface area contributed by atoms with Crippen molar-refractivity contribution in [2.45, 2.75) is 19.9 Å². The average molecular weight is 371 g/mol. The zero-order chi connectivity index (χ0) is 18.8. The van der Waals surface area contributed by atoms with Crippen molar-refractivity contribution in [3.05, 3.63) is 47.6 Å². The van der Waals surface area contributed by atoms with Crippen LogP contribution in [-0.2, 0) is 4.74 Å². The lowest BCUT2D eigenvalue weighted by Crippen LogP contribution is -2.07. The molecule has 0 saturated carbocycles. The second kappa shape index (κ2) is 7.31. The topological polar surface area (TPSA) is 90.4 Å². The molecule has 1 atom stereocenters. The fourth-order valence-electron chi connectivity index (χ4n) is 2.78. The van der Waals surface area contributed by atoms with Crippen LogP contribution in [0.4, 0.5) is 5.69 Å². The Hall–Kier alpha value is -2.64. The third kappa shape index (κ3) is 3.23. The molecule has 0 aliphatic rings. The number of carbonyl (C=O) groups is 1. The van der Waals surface area contributed by atoms with Gasteiger partial charge in [-0.2, -0.15) is 0 Å². The zero-order valence-corrected chi connectivity index (χ0v) is 15.5. The number of nitrogen functional groups attached to an aromatic ring is 1. The first-order chi connectivity index (χ1) is 12.5. The van der Waals surface area contributed by atoms with Crippen molar-refractivity contribution in [3.63, 3.8) is 0 Å². The molecule has 0 bridgehead atoms. The Kier molecular flexibility index (Phi) is 5.11. The Morgan fingerprint density at radius 2 is 2.31 bits per heavy atom. The maximum atomic E-state index is 12.1. The molecule has 3 N–H and O–H groups in total. The summed E-state index contributed by atoms with van der Waals surface area (Å²) in [6.45, 7) is 7.46. The largest absolute Gasteiger partial charge is 0.457 e. The van der Waals surface area contributed by atoms with Crippen LogP contribution >= 0.6 is 11.3 Å². The molecule has 3 rings (SSSR count). The van der Waals surface area contributed by atoms with Gasteiger partial charge < -0.3 is 20.1 Å². The maximum absolute atomic E-state index is 12.1. The van der Waals surface area contributed by atoms with Crippen molar-refractivity contribution < 1.29 is 14.6 Å². The molecule has 2 heterocycles. The predicted octanol–water partition coefficient (Wildman–Crippen LogP) is 3.55. The van der Waals surface area contributed by atoms with Gasteiger partial charge in [0.05, 0.1) is 29.5 Å². The lowest BCUT2D eigenvalue weighted by atomic mass is 10.1. The number of esters is 1. The summed E-state index contributed by atoms with van der Waals surface area (Å²) >= 11 is 1.30. The van der Waals surface area contributed by atoms with Crippen molar-refractivity contribution >= 4 is 33.9 Å². The Balaban J connectivity index is 2.00. The van der Waals surface area contributed by atoms with Gasteiger partial charge in [-0.05, 0) is 32.0 Å². The van der Waals surface area contributed by atoms with E-state index in [9.17, 15) is 9.90 Å². The first-order valence-corrected chi connectivity index (χ1v) is 9.04. The monoisotopic (exact) mass is 371 g/mol. The molecule has 2 aromatic heterocycles. The van der Waals surface area contributed by atoms with E-state index >= 15 is 0 Å². The van der Waals surface area contributed by atoms with E-state index in [1.165, 1.54) is 17.4 Å². The van der Waals surface area contributed by atoms with Gasteiger partial charge in [-0.15, -0.1) is 11.3 Å². The Morgan fingerprint density at radius 3 is 3.00 bits per heavy atom. The Labute approximate surface area is 155 Å². The number of fused-ring (bicyclic) bond motifs is 1. The average Bonchev–Trinajstić information content (AvgIpc) is 3.19. The van der Waals surface area contributed by atoms with Crippen LogP contribution in [0.1, 0.15) is 28.3 Å². The van der Waals surface area contributed by atoms with E-state index < -0.39 is 5.97 Å². The molecular weight excluding hydrogens is 350 g/mol. The molecule has 1 unspecified atom stereocenters. The van der Waals surface area contributed by atoms with Crippen molar-refractivity contribution in [3.8, 4) is 10.6 Å². The number of hydrogen-bond donors (Lipinski definition) is 2. The first-order valence-electron chi connectivity index (χ1n) is 8.23. The number of aromatic nitrogens is 2. The molecule has 7 heteroatoms. The number of ether oxygens (including phenoxy) is 1. The molecular formula is C19H21N3O3S. The zero-order valence-electron chi connectivity index (χ0n) is 14.7. The van der Waals surface area contributed by atoms with E-state index in [0.717, 1.165) is 21.5 Å². The minimum atomic E-state index is -0.394. The quantitative estimate of drug-likeness (QED) is 0.511. The number of hydrogen-bond acceptors (Lipinski definition) is 6. The predicted molar refractivity (Wildman–Crippen MR) is 104 cm³/mol. The van der Waals surface area contributed by atoms with Gasteiger partial charge in [0.1, 0.15) is 16.5 Å². The minimum absolute atomic E-state index is 0.0346. The molecule has 1 aromatic carbocycles. The van der Waals surface area contributed by atoms with Gasteiger partial charge in [0.2, 0.25) is 0 Å². The first kappa shape index (κ1) is 18.2. The summed E-state index contributed by atoms with van der Waals surface area (Å²) in [5.74, 6) is -0.394. The molecule has 0 aliphatic heterocycles. The van der Waals surface area contributed by atoms with Crippen molar-refractivity contribution in [2.75, 3.05) is 18.9 Å². The van der Waals surface area contributed by atoms with Crippen molar-refractivity contribution in [1.29, 1.82) is 0 Å². The van der Waals surface area contributed by atoms with Crippen LogP contribution < -0.4 is 5.73 Å². The Bertz CT molecular complexity index is 974. The van der Waals surface area contributed by atoms with Crippen LogP contribution in [0.25, 0.3) is 21.5 Å². The summed E-state index contributed by atoms with van der Waals surface area (Å²) in [6.07, 6.45) is 3.37. The van der Waals surface area contributed by atoms with Crippen LogP contribution in [0.15, 0.2) is 37.1 Å². The van der Waals surface area contributed by atoms with Crippen molar-refractivity contribution in [2.24, 2.45) is 0 Å². The highest BCUT2D eigenvalue weighted by atomic mass is 32.1.